The predicted octanol–water partition coefficient (Wildman–Crippen LogP) is 3.25. The number of aromatic nitrogens is 2. The molecule has 5 heteroatoms. The number of benzene rings is 1. The predicted molar refractivity (Wildman–Crippen MR) is 76.9 cm³/mol. The van der Waals surface area contributed by atoms with Gasteiger partial charge in [0.25, 0.3) is 5.88 Å². The summed E-state index contributed by atoms with van der Waals surface area (Å²) in [6.45, 7) is 7.31. The van der Waals surface area contributed by atoms with Crippen molar-refractivity contribution in [3.05, 3.63) is 45.6 Å². The highest BCUT2D eigenvalue weighted by molar-refractivity contribution is 5.51. The van der Waals surface area contributed by atoms with Crippen molar-refractivity contribution in [3.63, 3.8) is 0 Å². The third-order valence-electron chi connectivity index (χ3n) is 3.32. The Labute approximate surface area is 123 Å². The fraction of sp³-hybridized carbons (Fsp3) is 0.250. The Balaban J connectivity index is 2.52. The summed E-state index contributed by atoms with van der Waals surface area (Å²) in [6, 6.07) is 7.69. The van der Waals surface area contributed by atoms with Gasteiger partial charge in [0.05, 0.1) is 17.3 Å². The minimum absolute atomic E-state index is 0.191. The number of nitrogens with zero attached hydrogens (tertiary/aromatic N) is 4. The molecular weight excluding hydrogens is 264 g/mol. The highest BCUT2D eigenvalue weighted by atomic mass is 16.5. The van der Waals surface area contributed by atoms with Gasteiger partial charge < -0.3 is 4.74 Å². The molecule has 0 bridgehead atoms. The van der Waals surface area contributed by atoms with Crippen LogP contribution in [0.4, 0.5) is 0 Å². The van der Waals surface area contributed by atoms with Gasteiger partial charge in [0.2, 0.25) is 0 Å². The maximum absolute atomic E-state index is 9.28. The van der Waals surface area contributed by atoms with E-state index < -0.39 is 0 Å². The summed E-state index contributed by atoms with van der Waals surface area (Å²) < 4.78 is 5.79. The molecule has 1 aromatic heterocycles. The topological polar surface area (TPSA) is 82.6 Å². The van der Waals surface area contributed by atoms with Gasteiger partial charge in [-0.25, -0.2) is 0 Å². The van der Waals surface area contributed by atoms with Gasteiger partial charge in [-0.15, -0.1) is 5.10 Å². The summed E-state index contributed by atoms with van der Waals surface area (Å²) in [4.78, 5) is 0. The molecule has 0 amide bonds. The number of rotatable bonds is 2. The van der Waals surface area contributed by atoms with E-state index in [1.807, 2.05) is 20.8 Å². The average Bonchev–Trinajstić information content (AvgIpc) is 2.46. The van der Waals surface area contributed by atoms with E-state index >= 15 is 0 Å². The molecule has 1 aromatic carbocycles. The molecule has 5 nitrogen and oxygen atoms in total. The molecule has 0 saturated heterocycles. The molecule has 2 rings (SSSR count). The number of aryl methyl sites for hydroxylation is 3. The van der Waals surface area contributed by atoms with Crippen molar-refractivity contribution < 1.29 is 4.74 Å². The van der Waals surface area contributed by atoms with Crippen LogP contribution in [0, 0.1) is 50.4 Å². The van der Waals surface area contributed by atoms with Gasteiger partial charge in [-0.2, -0.15) is 15.6 Å². The van der Waals surface area contributed by atoms with Crippen LogP contribution in [0.2, 0.25) is 0 Å². The van der Waals surface area contributed by atoms with Crippen molar-refractivity contribution in [2.75, 3.05) is 0 Å². The molecular formula is C16H14N4O. The van der Waals surface area contributed by atoms with Crippen LogP contribution in [0.5, 0.6) is 11.6 Å². The Kier molecular flexibility index (Phi) is 3.86. The summed E-state index contributed by atoms with van der Waals surface area (Å²) >= 11 is 0. The average molecular weight is 278 g/mol. The van der Waals surface area contributed by atoms with E-state index in [0.29, 0.717) is 22.6 Å². The molecule has 0 atom stereocenters. The van der Waals surface area contributed by atoms with Crippen LogP contribution >= 0.6 is 0 Å². The largest absolute Gasteiger partial charge is 0.436 e. The molecule has 104 valence electrons. The highest BCUT2D eigenvalue weighted by Gasteiger charge is 2.15. The van der Waals surface area contributed by atoms with E-state index in [2.05, 4.69) is 22.3 Å². The second-order valence-corrected chi connectivity index (χ2v) is 4.86. The van der Waals surface area contributed by atoms with Gasteiger partial charge in [0, 0.05) is 0 Å². The fourth-order valence-corrected chi connectivity index (χ4v) is 2.06. The van der Waals surface area contributed by atoms with Crippen LogP contribution in [0.15, 0.2) is 12.1 Å². The van der Waals surface area contributed by atoms with Crippen molar-refractivity contribution in [2.24, 2.45) is 0 Å². The van der Waals surface area contributed by atoms with Crippen molar-refractivity contribution in [1.82, 2.24) is 10.2 Å². The summed E-state index contributed by atoms with van der Waals surface area (Å²) in [7, 11) is 0. The molecule has 0 aliphatic heterocycles. The summed E-state index contributed by atoms with van der Waals surface area (Å²) in [6.07, 6.45) is 0. The minimum Gasteiger partial charge on any atom is -0.436 e. The zero-order chi connectivity index (χ0) is 15.6. The quantitative estimate of drug-likeness (QED) is 0.842. The van der Waals surface area contributed by atoms with Crippen molar-refractivity contribution in [2.45, 2.75) is 27.7 Å². The second kappa shape index (κ2) is 5.60. The number of nitriles is 2. The second-order valence-electron chi connectivity index (χ2n) is 4.86. The molecule has 0 spiro atoms. The molecule has 0 radical (unpaired) electrons. The Bertz CT molecular complexity index is 774. The van der Waals surface area contributed by atoms with Crippen LogP contribution in [-0.2, 0) is 0 Å². The van der Waals surface area contributed by atoms with Crippen LogP contribution < -0.4 is 4.74 Å². The van der Waals surface area contributed by atoms with E-state index in [1.54, 1.807) is 19.1 Å². The molecule has 0 aliphatic carbocycles. The normalized spacial score (nSPS) is 9.81. The minimum atomic E-state index is 0.191. The molecule has 0 fully saturated rings. The van der Waals surface area contributed by atoms with Crippen molar-refractivity contribution in [3.8, 4) is 23.8 Å². The Morgan fingerprint density at radius 3 is 2.10 bits per heavy atom. The maximum atomic E-state index is 9.28. The summed E-state index contributed by atoms with van der Waals surface area (Å²) in [5.74, 6) is 0.791. The third-order valence-corrected chi connectivity index (χ3v) is 3.32. The smallest absolute Gasteiger partial charge is 0.257 e. The molecule has 0 saturated carbocycles. The van der Waals surface area contributed by atoms with Crippen LogP contribution in [0.25, 0.3) is 0 Å². The highest BCUT2D eigenvalue weighted by Crippen LogP contribution is 2.31. The summed E-state index contributed by atoms with van der Waals surface area (Å²) in [5, 5.41) is 26.2. The zero-order valence-electron chi connectivity index (χ0n) is 12.4. The van der Waals surface area contributed by atoms with E-state index in [9.17, 15) is 5.26 Å². The van der Waals surface area contributed by atoms with Crippen molar-refractivity contribution in [1.29, 1.82) is 10.5 Å². The Morgan fingerprint density at radius 1 is 0.952 bits per heavy atom. The first kappa shape index (κ1) is 14.5. The summed E-state index contributed by atoms with van der Waals surface area (Å²) in [5.41, 5.74) is 4.04. The van der Waals surface area contributed by atoms with Gasteiger partial charge in [-0.1, -0.05) is 0 Å². The molecule has 1 heterocycles. The molecule has 21 heavy (non-hydrogen) atoms. The number of hydrogen-bond donors (Lipinski definition) is 0. The number of hydrogen-bond acceptors (Lipinski definition) is 5. The standard InChI is InChI=1S/C16H14N4O/c1-9-5-13(7-17)6-10(2)15(9)21-16-14(8-18)11(3)12(4)19-20-16/h5-6H,1-4H3. The van der Waals surface area contributed by atoms with Gasteiger partial charge in [-0.05, 0) is 56.5 Å². The number of ether oxygens (including phenoxy) is 1. The van der Waals surface area contributed by atoms with Gasteiger partial charge >= 0.3 is 0 Å². The van der Waals surface area contributed by atoms with E-state index in [-0.39, 0.29) is 5.88 Å². The lowest BCUT2D eigenvalue weighted by Gasteiger charge is -2.13. The monoisotopic (exact) mass is 278 g/mol. The lowest BCUT2D eigenvalue weighted by atomic mass is 10.1. The van der Waals surface area contributed by atoms with Crippen molar-refractivity contribution >= 4 is 0 Å². The Hall–Kier alpha value is -2.92. The van der Waals surface area contributed by atoms with Crippen LogP contribution in [0.3, 0.4) is 0 Å². The fourth-order valence-electron chi connectivity index (χ4n) is 2.06. The first-order valence-corrected chi connectivity index (χ1v) is 6.41. The molecule has 0 aliphatic rings. The molecule has 0 N–H and O–H groups in total. The van der Waals surface area contributed by atoms with E-state index in [0.717, 1.165) is 16.7 Å². The molecule has 2 aromatic rings. The lowest BCUT2D eigenvalue weighted by Crippen LogP contribution is -2.02. The van der Waals surface area contributed by atoms with Crippen LogP contribution in [-0.4, -0.2) is 10.2 Å². The van der Waals surface area contributed by atoms with Crippen LogP contribution in [0.1, 0.15) is 33.5 Å². The lowest BCUT2D eigenvalue weighted by molar-refractivity contribution is 0.445. The first-order valence-electron chi connectivity index (χ1n) is 6.41. The van der Waals surface area contributed by atoms with E-state index in [1.165, 1.54) is 0 Å². The van der Waals surface area contributed by atoms with Gasteiger partial charge in [-0.3, -0.25) is 0 Å². The van der Waals surface area contributed by atoms with Gasteiger partial charge in [0.1, 0.15) is 17.4 Å². The maximum Gasteiger partial charge on any atom is 0.257 e. The molecule has 0 unspecified atom stereocenters. The zero-order valence-corrected chi connectivity index (χ0v) is 12.4. The third kappa shape index (κ3) is 2.68. The van der Waals surface area contributed by atoms with E-state index in [4.69, 9.17) is 10.00 Å². The SMILES string of the molecule is Cc1cc(C#N)cc(C)c1Oc1nnc(C)c(C)c1C#N. The Morgan fingerprint density at radius 2 is 1.57 bits per heavy atom. The first-order chi connectivity index (χ1) is 9.97. The van der Waals surface area contributed by atoms with Gasteiger partial charge in [0.15, 0.2) is 0 Å².